The van der Waals surface area contributed by atoms with Crippen LogP contribution in [0, 0.1) is 0 Å². The highest BCUT2D eigenvalue weighted by Crippen LogP contribution is 2.31. The first kappa shape index (κ1) is 20.8. The third kappa shape index (κ3) is 4.22. The second-order valence-electron chi connectivity index (χ2n) is 7.67. The van der Waals surface area contributed by atoms with Crippen LogP contribution in [0.3, 0.4) is 0 Å². The Balaban J connectivity index is 1.58. The van der Waals surface area contributed by atoms with Crippen LogP contribution in [-0.4, -0.2) is 38.5 Å². The predicted octanol–water partition coefficient (Wildman–Crippen LogP) is 2.95. The zero-order valence-corrected chi connectivity index (χ0v) is 18.0. The van der Waals surface area contributed by atoms with E-state index in [0.29, 0.717) is 35.9 Å². The SMILES string of the molecule is CCC[C@@H](N)CC(=O)NCc1cccc(-c2nc3c(nc(NC)c4ncn(C)c43)o2)c1. The van der Waals surface area contributed by atoms with Gasteiger partial charge in [0.1, 0.15) is 11.0 Å². The number of imidazole rings is 1. The Morgan fingerprint density at radius 3 is 2.90 bits per heavy atom. The van der Waals surface area contributed by atoms with Crippen molar-refractivity contribution in [3.63, 3.8) is 0 Å². The molecule has 1 atom stereocenters. The average molecular weight is 422 g/mol. The van der Waals surface area contributed by atoms with E-state index in [1.807, 2.05) is 35.9 Å². The fraction of sp³-hybridized carbons (Fsp3) is 0.364. The summed E-state index contributed by atoms with van der Waals surface area (Å²) in [6.07, 6.45) is 3.88. The average Bonchev–Trinajstić information content (AvgIpc) is 3.35. The summed E-state index contributed by atoms with van der Waals surface area (Å²) in [6, 6.07) is 7.65. The second-order valence-corrected chi connectivity index (χ2v) is 7.67. The molecule has 0 saturated carbocycles. The number of oxazole rings is 1. The number of nitrogens with one attached hydrogen (secondary N) is 2. The van der Waals surface area contributed by atoms with Crippen molar-refractivity contribution in [3.05, 3.63) is 36.2 Å². The Labute approximate surface area is 180 Å². The van der Waals surface area contributed by atoms with Crippen LogP contribution < -0.4 is 16.4 Å². The van der Waals surface area contributed by atoms with Crippen LogP contribution in [0.25, 0.3) is 33.7 Å². The van der Waals surface area contributed by atoms with E-state index < -0.39 is 0 Å². The van der Waals surface area contributed by atoms with Crippen LogP contribution in [0.5, 0.6) is 0 Å². The number of benzene rings is 1. The molecular formula is C22H27N7O2. The summed E-state index contributed by atoms with van der Waals surface area (Å²) in [4.78, 5) is 25.8. The van der Waals surface area contributed by atoms with Gasteiger partial charge in [0.25, 0.3) is 5.71 Å². The summed E-state index contributed by atoms with van der Waals surface area (Å²) in [6.45, 7) is 2.48. The van der Waals surface area contributed by atoms with Crippen LogP contribution in [-0.2, 0) is 18.4 Å². The highest BCUT2D eigenvalue weighted by atomic mass is 16.4. The number of carbonyl (C=O) groups excluding carboxylic acids is 1. The molecule has 162 valence electrons. The molecule has 0 aliphatic heterocycles. The van der Waals surface area contributed by atoms with Crippen molar-refractivity contribution in [2.24, 2.45) is 12.8 Å². The molecule has 4 aromatic rings. The molecule has 4 N–H and O–H groups in total. The Hall–Kier alpha value is -3.46. The first-order valence-electron chi connectivity index (χ1n) is 10.4. The fourth-order valence-corrected chi connectivity index (χ4v) is 3.68. The van der Waals surface area contributed by atoms with Crippen molar-refractivity contribution >= 4 is 34.0 Å². The number of nitrogens with two attached hydrogens (primary N) is 1. The molecular weight excluding hydrogens is 394 g/mol. The lowest BCUT2D eigenvalue weighted by Crippen LogP contribution is -2.31. The predicted molar refractivity (Wildman–Crippen MR) is 120 cm³/mol. The summed E-state index contributed by atoms with van der Waals surface area (Å²) in [5.41, 5.74) is 10.4. The van der Waals surface area contributed by atoms with Crippen LogP contribution in [0.2, 0.25) is 0 Å². The summed E-state index contributed by atoms with van der Waals surface area (Å²) in [5, 5.41) is 5.99. The number of rotatable bonds is 8. The van der Waals surface area contributed by atoms with Gasteiger partial charge in [-0.05, 0) is 24.1 Å². The highest BCUT2D eigenvalue weighted by molar-refractivity contribution is 6.03. The summed E-state index contributed by atoms with van der Waals surface area (Å²) in [7, 11) is 3.71. The maximum Gasteiger partial charge on any atom is 0.251 e. The van der Waals surface area contributed by atoms with Gasteiger partial charge in [-0.3, -0.25) is 4.79 Å². The number of pyridine rings is 1. The normalized spacial score (nSPS) is 12.4. The molecule has 1 amide bonds. The third-order valence-corrected chi connectivity index (χ3v) is 5.22. The van der Waals surface area contributed by atoms with Gasteiger partial charge in [-0.2, -0.15) is 4.98 Å². The molecule has 0 spiro atoms. The van der Waals surface area contributed by atoms with Gasteiger partial charge in [-0.15, -0.1) is 0 Å². The Kier molecular flexibility index (Phi) is 5.85. The molecule has 4 rings (SSSR count). The van der Waals surface area contributed by atoms with Gasteiger partial charge in [0.15, 0.2) is 11.3 Å². The highest BCUT2D eigenvalue weighted by Gasteiger charge is 2.18. The molecule has 9 nitrogen and oxygen atoms in total. The maximum atomic E-state index is 12.1. The van der Waals surface area contributed by atoms with Crippen molar-refractivity contribution in [3.8, 4) is 11.5 Å². The van der Waals surface area contributed by atoms with E-state index in [1.165, 1.54) is 0 Å². The first-order chi connectivity index (χ1) is 15.0. The first-order valence-corrected chi connectivity index (χ1v) is 10.4. The number of carbonyl (C=O) groups is 1. The topological polar surface area (TPSA) is 124 Å². The summed E-state index contributed by atoms with van der Waals surface area (Å²) < 4.78 is 7.89. The molecule has 0 saturated heterocycles. The number of anilines is 1. The minimum Gasteiger partial charge on any atom is -0.418 e. The second kappa shape index (κ2) is 8.73. The number of hydrogen-bond acceptors (Lipinski definition) is 7. The largest absolute Gasteiger partial charge is 0.418 e. The molecule has 3 aromatic heterocycles. The molecule has 0 bridgehead atoms. The number of nitrogens with zero attached hydrogens (tertiary/aromatic N) is 4. The quantitative estimate of drug-likeness (QED) is 0.399. The minimum absolute atomic E-state index is 0.0457. The van der Waals surface area contributed by atoms with E-state index in [0.717, 1.165) is 35.0 Å². The van der Waals surface area contributed by atoms with E-state index in [4.69, 9.17) is 15.1 Å². The van der Waals surface area contributed by atoms with Crippen LogP contribution in [0.4, 0.5) is 5.82 Å². The zero-order valence-electron chi connectivity index (χ0n) is 18.0. The van der Waals surface area contributed by atoms with E-state index in [9.17, 15) is 4.79 Å². The number of fused-ring (bicyclic) bond motifs is 3. The number of hydrogen-bond donors (Lipinski definition) is 3. The fourth-order valence-electron chi connectivity index (χ4n) is 3.68. The Bertz CT molecular complexity index is 1230. The van der Waals surface area contributed by atoms with Crippen molar-refractivity contribution in [2.75, 3.05) is 12.4 Å². The summed E-state index contributed by atoms with van der Waals surface area (Å²) in [5.74, 6) is 1.07. The van der Waals surface area contributed by atoms with Crippen LogP contribution >= 0.6 is 0 Å². The van der Waals surface area contributed by atoms with Gasteiger partial charge < -0.3 is 25.4 Å². The summed E-state index contributed by atoms with van der Waals surface area (Å²) >= 11 is 0. The standard InChI is InChI=1S/C22H27N7O2/c1-4-6-15(23)10-16(30)25-11-13-7-5-8-14(9-13)21-27-18-19-17(26-12-29(19)3)20(24-2)28-22(18)31-21/h5,7-9,12,15H,4,6,10-11,23H2,1-3H3,(H,24,28)(H,25,30)/t15-/m1/s1. The van der Waals surface area contributed by atoms with Gasteiger partial charge in [-0.1, -0.05) is 25.5 Å². The van der Waals surface area contributed by atoms with Gasteiger partial charge in [0.05, 0.1) is 6.33 Å². The van der Waals surface area contributed by atoms with E-state index in [-0.39, 0.29) is 11.9 Å². The molecule has 3 heterocycles. The molecule has 0 aliphatic carbocycles. The third-order valence-electron chi connectivity index (χ3n) is 5.22. The van der Waals surface area contributed by atoms with Gasteiger partial charge in [-0.25, -0.2) is 9.97 Å². The number of aryl methyl sites for hydroxylation is 1. The lowest BCUT2D eigenvalue weighted by Gasteiger charge is -2.10. The van der Waals surface area contributed by atoms with E-state index >= 15 is 0 Å². The monoisotopic (exact) mass is 421 g/mol. The smallest absolute Gasteiger partial charge is 0.251 e. The van der Waals surface area contributed by atoms with Crippen molar-refractivity contribution < 1.29 is 9.21 Å². The van der Waals surface area contributed by atoms with Crippen molar-refractivity contribution in [2.45, 2.75) is 38.8 Å². The molecule has 0 unspecified atom stereocenters. The lowest BCUT2D eigenvalue weighted by atomic mass is 10.1. The lowest BCUT2D eigenvalue weighted by molar-refractivity contribution is -0.121. The van der Waals surface area contributed by atoms with Crippen LogP contribution in [0.15, 0.2) is 35.0 Å². The van der Waals surface area contributed by atoms with Crippen molar-refractivity contribution in [1.29, 1.82) is 0 Å². The van der Waals surface area contributed by atoms with Gasteiger partial charge in [0.2, 0.25) is 11.8 Å². The Morgan fingerprint density at radius 1 is 1.29 bits per heavy atom. The van der Waals surface area contributed by atoms with Gasteiger partial charge in [0, 0.05) is 38.7 Å². The molecule has 1 aromatic carbocycles. The number of aromatic nitrogens is 4. The molecule has 0 aliphatic rings. The van der Waals surface area contributed by atoms with Crippen molar-refractivity contribution in [1.82, 2.24) is 24.8 Å². The van der Waals surface area contributed by atoms with E-state index in [2.05, 4.69) is 27.5 Å². The van der Waals surface area contributed by atoms with Crippen LogP contribution in [0.1, 0.15) is 31.7 Å². The molecule has 31 heavy (non-hydrogen) atoms. The van der Waals surface area contributed by atoms with E-state index in [1.54, 1.807) is 13.4 Å². The molecule has 0 fully saturated rings. The zero-order chi connectivity index (χ0) is 22.0. The maximum absolute atomic E-state index is 12.1. The minimum atomic E-state index is -0.102. The molecule has 0 radical (unpaired) electrons. The molecule has 9 heteroatoms. The Morgan fingerprint density at radius 2 is 2.13 bits per heavy atom. The number of amides is 1. The van der Waals surface area contributed by atoms with Gasteiger partial charge >= 0.3 is 0 Å².